The van der Waals surface area contributed by atoms with Gasteiger partial charge in [0.15, 0.2) is 0 Å². The van der Waals surface area contributed by atoms with Crippen LogP contribution in [-0.2, 0) is 6.42 Å². The molecule has 3 aromatic rings. The number of rotatable bonds is 2. The largest absolute Gasteiger partial charge is 0.444 e. The first-order valence-electron chi connectivity index (χ1n) is 5.91. The summed E-state index contributed by atoms with van der Waals surface area (Å²) < 4.78 is 5.39. The van der Waals surface area contributed by atoms with E-state index in [1.807, 2.05) is 18.2 Å². The number of fused-ring (bicyclic) bond motifs is 1. The highest BCUT2D eigenvalue weighted by molar-refractivity contribution is 6.35. The molecule has 0 aliphatic carbocycles. The SMILES string of the molecule is CCc1cc(Cl)c(-c2ncco2)c2ccccc12. The van der Waals surface area contributed by atoms with E-state index in [0.29, 0.717) is 10.9 Å². The lowest BCUT2D eigenvalue weighted by Crippen LogP contribution is -1.89. The van der Waals surface area contributed by atoms with Crippen LogP contribution in [0.15, 0.2) is 47.2 Å². The number of nitrogens with zero attached hydrogens (tertiary/aromatic N) is 1. The molecule has 0 N–H and O–H groups in total. The fraction of sp³-hybridized carbons (Fsp3) is 0.133. The number of hydrogen-bond donors (Lipinski definition) is 0. The van der Waals surface area contributed by atoms with Crippen LogP contribution < -0.4 is 0 Å². The van der Waals surface area contributed by atoms with E-state index in [9.17, 15) is 0 Å². The Kier molecular flexibility index (Phi) is 2.80. The molecule has 0 aliphatic heterocycles. The topological polar surface area (TPSA) is 26.0 Å². The normalized spacial score (nSPS) is 11.0. The maximum absolute atomic E-state index is 6.38. The van der Waals surface area contributed by atoms with Crippen molar-refractivity contribution in [1.29, 1.82) is 0 Å². The summed E-state index contributed by atoms with van der Waals surface area (Å²) in [6.07, 6.45) is 4.15. The molecule has 1 aromatic heterocycles. The van der Waals surface area contributed by atoms with Crippen LogP contribution in [0.2, 0.25) is 5.02 Å². The Morgan fingerprint density at radius 3 is 2.67 bits per heavy atom. The zero-order chi connectivity index (χ0) is 12.5. The van der Waals surface area contributed by atoms with Crippen molar-refractivity contribution in [3.05, 3.63) is 53.4 Å². The fourth-order valence-electron chi connectivity index (χ4n) is 2.27. The molecule has 0 atom stereocenters. The molecule has 0 saturated heterocycles. The molecule has 2 nitrogen and oxygen atoms in total. The van der Waals surface area contributed by atoms with Gasteiger partial charge in [0.25, 0.3) is 0 Å². The van der Waals surface area contributed by atoms with Gasteiger partial charge in [0.2, 0.25) is 5.89 Å². The van der Waals surface area contributed by atoms with Crippen molar-refractivity contribution in [3.63, 3.8) is 0 Å². The van der Waals surface area contributed by atoms with Crippen LogP contribution in [-0.4, -0.2) is 4.98 Å². The molecule has 0 bridgehead atoms. The molecule has 1 heterocycles. The molecule has 0 unspecified atom stereocenters. The van der Waals surface area contributed by atoms with Gasteiger partial charge >= 0.3 is 0 Å². The monoisotopic (exact) mass is 257 g/mol. The van der Waals surface area contributed by atoms with E-state index >= 15 is 0 Å². The second-order valence-electron chi connectivity index (χ2n) is 4.13. The van der Waals surface area contributed by atoms with E-state index in [0.717, 1.165) is 17.4 Å². The Hall–Kier alpha value is -1.80. The smallest absolute Gasteiger partial charge is 0.228 e. The Labute approximate surface area is 110 Å². The maximum atomic E-state index is 6.38. The lowest BCUT2D eigenvalue weighted by molar-refractivity contribution is 0.575. The third-order valence-corrected chi connectivity index (χ3v) is 3.41. The highest BCUT2D eigenvalue weighted by Gasteiger charge is 2.14. The minimum atomic E-state index is 0.568. The van der Waals surface area contributed by atoms with Crippen LogP contribution in [0.1, 0.15) is 12.5 Å². The van der Waals surface area contributed by atoms with Crippen molar-refractivity contribution in [2.45, 2.75) is 13.3 Å². The van der Waals surface area contributed by atoms with E-state index in [-0.39, 0.29) is 0 Å². The minimum Gasteiger partial charge on any atom is -0.444 e. The first kappa shape index (κ1) is 11.3. The summed E-state index contributed by atoms with van der Waals surface area (Å²) in [4.78, 5) is 4.20. The average molecular weight is 258 g/mol. The predicted molar refractivity (Wildman–Crippen MR) is 73.8 cm³/mol. The molecule has 0 spiro atoms. The number of halogens is 1. The van der Waals surface area contributed by atoms with Crippen molar-refractivity contribution in [3.8, 4) is 11.5 Å². The predicted octanol–water partition coefficient (Wildman–Crippen LogP) is 4.71. The molecule has 2 aromatic carbocycles. The molecule has 0 aliphatic rings. The van der Waals surface area contributed by atoms with Crippen molar-refractivity contribution < 1.29 is 4.42 Å². The molecular weight excluding hydrogens is 246 g/mol. The summed E-state index contributed by atoms with van der Waals surface area (Å²) in [5.74, 6) is 0.568. The standard InChI is InChI=1S/C15H12ClNO/c1-2-10-9-13(16)14(15-17-7-8-18-15)12-6-4-3-5-11(10)12/h3-9H,2H2,1H3. The van der Waals surface area contributed by atoms with Gasteiger partial charge < -0.3 is 4.42 Å². The molecule has 0 saturated carbocycles. The van der Waals surface area contributed by atoms with Crippen LogP contribution in [0.4, 0.5) is 0 Å². The van der Waals surface area contributed by atoms with Gasteiger partial charge in [0.05, 0.1) is 16.8 Å². The summed E-state index contributed by atoms with van der Waals surface area (Å²) in [6.45, 7) is 2.13. The third kappa shape index (κ3) is 1.70. The van der Waals surface area contributed by atoms with Crippen LogP contribution >= 0.6 is 11.6 Å². The minimum absolute atomic E-state index is 0.568. The number of aromatic nitrogens is 1. The van der Waals surface area contributed by atoms with Crippen LogP contribution in [0, 0.1) is 0 Å². The Morgan fingerprint density at radius 2 is 2.00 bits per heavy atom. The Balaban J connectivity index is 2.42. The highest BCUT2D eigenvalue weighted by Crippen LogP contribution is 2.36. The average Bonchev–Trinajstić information content (AvgIpc) is 2.91. The molecule has 18 heavy (non-hydrogen) atoms. The summed E-state index contributed by atoms with van der Waals surface area (Å²) in [6, 6.07) is 10.2. The number of benzene rings is 2. The Bertz CT molecular complexity index is 689. The van der Waals surface area contributed by atoms with E-state index < -0.39 is 0 Å². The van der Waals surface area contributed by atoms with Crippen LogP contribution in [0.5, 0.6) is 0 Å². The molecule has 0 amide bonds. The van der Waals surface area contributed by atoms with Gasteiger partial charge in [-0.3, -0.25) is 0 Å². The molecule has 90 valence electrons. The van der Waals surface area contributed by atoms with Crippen LogP contribution in [0.25, 0.3) is 22.2 Å². The summed E-state index contributed by atoms with van der Waals surface area (Å²) >= 11 is 6.38. The highest BCUT2D eigenvalue weighted by atomic mass is 35.5. The molecule has 3 rings (SSSR count). The fourth-order valence-corrected chi connectivity index (χ4v) is 2.58. The van der Waals surface area contributed by atoms with Crippen molar-refractivity contribution >= 4 is 22.4 Å². The third-order valence-electron chi connectivity index (χ3n) is 3.11. The van der Waals surface area contributed by atoms with E-state index in [1.54, 1.807) is 12.5 Å². The maximum Gasteiger partial charge on any atom is 0.228 e. The van der Waals surface area contributed by atoms with Crippen molar-refractivity contribution in [1.82, 2.24) is 4.98 Å². The van der Waals surface area contributed by atoms with Crippen molar-refractivity contribution in [2.24, 2.45) is 0 Å². The molecular formula is C15H12ClNO. The Morgan fingerprint density at radius 1 is 1.22 bits per heavy atom. The summed E-state index contributed by atoms with van der Waals surface area (Å²) in [7, 11) is 0. The van der Waals surface area contributed by atoms with E-state index in [4.69, 9.17) is 16.0 Å². The zero-order valence-corrected chi connectivity index (χ0v) is 10.7. The molecule has 0 fully saturated rings. The van der Waals surface area contributed by atoms with Gasteiger partial charge in [0.1, 0.15) is 6.26 Å². The lowest BCUT2D eigenvalue weighted by Gasteiger charge is -2.10. The quantitative estimate of drug-likeness (QED) is 0.664. The number of oxazole rings is 1. The van der Waals surface area contributed by atoms with Gasteiger partial charge in [-0.2, -0.15) is 0 Å². The van der Waals surface area contributed by atoms with Crippen molar-refractivity contribution in [2.75, 3.05) is 0 Å². The van der Waals surface area contributed by atoms with E-state index in [2.05, 4.69) is 24.0 Å². The second kappa shape index (κ2) is 4.46. The summed E-state index contributed by atoms with van der Waals surface area (Å²) in [5, 5.41) is 2.98. The summed E-state index contributed by atoms with van der Waals surface area (Å²) in [5.41, 5.74) is 2.11. The van der Waals surface area contributed by atoms with E-state index in [1.165, 1.54) is 10.9 Å². The van der Waals surface area contributed by atoms with Gasteiger partial charge in [-0.1, -0.05) is 42.8 Å². The van der Waals surface area contributed by atoms with Gasteiger partial charge in [-0.05, 0) is 28.8 Å². The van der Waals surface area contributed by atoms with Gasteiger partial charge in [-0.15, -0.1) is 0 Å². The second-order valence-corrected chi connectivity index (χ2v) is 4.54. The number of aryl methyl sites for hydroxylation is 1. The van der Waals surface area contributed by atoms with Gasteiger partial charge in [-0.25, -0.2) is 4.98 Å². The van der Waals surface area contributed by atoms with Crippen LogP contribution in [0.3, 0.4) is 0 Å². The lowest BCUT2D eigenvalue weighted by atomic mass is 9.98. The number of hydrogen-bond acceptors (Lipinski definition) is 2. The molecule has 0 radical (unpaired) electrons. The van der Waals surface area contributed by atoms with Gasteiger partial charge in [0, 0.05) is 0 Å². The zero-order valence-electron chi connectivity index (χ0n) is 9.98. The first-order valence-corrected chi connectivity index (χ1v) is 6.29. The molecule has 3 heteroatoms. The first-order chi connectivity index (χ1) is 8.81.